The van der Waals surface area contributed by atoms with Gasteiger partial charge in [0.2, 0.25) is 0 Å². The van der Waals surface area contributed by atoms with Crippen molar-refractivity contribution in [1.82, 2.24) is 9.88 Å². The van der Waals surface area contributed by atoms with E-state index in [-0.39, 0.29) is 12.0 Å². The monoisotopic (exact) mass is 532 g/mol. The van der Waals surface area contributed by atoms with E-state index in [9.17, 15) is 4.79 Å². The number of rotatable bonds is 9. The van der Waals surface area contributed by atoms with Crippen LogP contribution in [0, 0.1) is 6.92 Å². The summed E-state index contributed by atoms with van der Waals surface area (Å²) >= 11 is 1.48. The van der Waals surface area contributed by atoms with E-state index < -0.39 is 0 Å². The van der Waals surface area contributed by atoms with E-state index in [1.807, 2.05) is 59.7 Å². The molecule has 38 heavy (non-hydrogen) atoms. The number of pyridine rings is 1. The molecule has 5 rings (SSSR count). The first kappa shape index (κ1) is 26.0. The summed E-state index contributed by atoms with van der Waals surface area (Å²) in [5, 5.41) is 2.87. The molecule has 2 aromatic carbocycles. The summed E-state index contributed by atoms with van der Waals surface area (Å²) in [7, 11) is 4.88. The van der Waals surface area contributed by atoms with Gasteiger partial charge in [0.25, 0.3) is 5.91 Å². The van der Waals surface area contributed by atoms with Gasteiger partial charge in [0, 0.05) is 36.7 Å². The second-order valence-electron chi connectivity index (χ2n) is 9.38. The highest BCUT2D eigenvalue weighted by Gasteiger charge is 2.26. The lowest BCUT2D eigenvalue weighted by atomic mass is 10.0. The van der Waals surface area contributed by atoms with Crippen LogP contribution in [-0.4, -0.2) is 56.4 Å². The molecule has 4 aromatic rings. The number of thiophene rings is 1. The number of nitrogens with zero attached hydrogens (tertiary/aromatic N) is 2. The van der Waals surface area contributed by atoms with Gasteiger partial charge in [-0.15, -0.1) is 11.3 Å². The van der Waals surface area contributed by atoms with Crippen molar-refractivity contribution in [3.8, 4) is 28.5 Å². The van der Waals surface area contributed by atoms with Gasteiger partial charge in [0.05, 0.1) is 43.5 Å². The van der Waals surface area contributed by atoms with Crippen LogP contribution in [0.2, 0.25) is 0 Å². The number of benzene rings is 2. The molecule has 1 amide bonds. The Kier molecular flexibility index (Phi) is 7.81. The topological polar surface area (TPSA) is 70.1 Å². The zero-order valence-corrected chi connectivity index (χ0v) is 23.0. The second-order valence-corrected chi connectivity index (χ2v) is 10.3. The fourth-order valence-corrected chi connectivity index (χ4v) is 5.77. The van der Waals surface area contributed by atoms with E-state index in [1.54, 1.807) is 21.3 Å². The molecular formula is C30H32N2O5S. The number of aromatic nitrogens is 1. The first-order valence-corrected chi connectivity index (χ1v) is 13.5. The average molecular weight is 533 g/mol. The van der Waals surface area contributed by atoms with Crippen LogP contribution in [0.25, 0.3) is 22.2 Å². The van der Waals surface area contributed by atoms with Crippen molar-refractivity contribution in [2.75, 3.05) is 34.5 Å². The minimum atomic E-state index is 0.0111. The van der Waals surface area contributed by atoms with Crippen LogP contribution in [0.5, 0.6) is 17.2 Å². The van der Waals surface area contributed by atoms with E-state index >= 15 is 0 Å². The number of hydrogen-bond donors (Lipinski definition) is 0. The van der Waals surface area contributed by atoms with Gasteiger partial charge in [-0.25, -0.2) is 4.98 Å². The first-order valence-electron chi connectivity index (χ1n) is 12.7. The second kappa shape index (κ2) is 11.4. The molecule has 0 aliphatic carbocycles. The highest BCUT2D eigenvalue weighted by Crippen LogP contribution is 2.35. The molecular weight excluding hydrogens is 500 g/mol. The number of fused-ring (bicyclic) bond motifs is 1. The number of hydrogen-bond acceptors (Lipinski definition) is 7. The maximum Gasteiger partial charge on any atom is 0.264 e. The Morgan fingerprint density at radius 1 is 1.08 bits per heavy atom. The maximum absolute atomic E-state index is 13.8. The van der Waals surface area contributed by atoms with Gasteiger partial charge in [0.1, 0.15) is 5.75 Å². The number of carbonyl (C=O) groups is 1. The van der Waals surface area contributed by atoms with Crippen molar-refractivity contribution >= 4 is 28.1 Å². The van der Waals surface area contributed by atoms with Crippen molar-refractivity contribution in [1.29, 1.82) is 0 Å². The predicted molar refractivity (Wildman–Crippen MR) is 150 cm³/mol. The molecule has 0 N–H and O–H groups in total. The van der Waals surface area contributed by atoms with Crippen molar-refractivity contribution in [2.24, 2.45) is 0 Å². The fourth-order valence-electron chi connectivity index (χ4n) is 4.88. The Hall–Kier alpha value is -3.62. The number of ether oxygens (including phenoxy) is 4. The van der Waals surface area contributed by atoms with Crippen molar-refractivity contribution in [2.45, 2.75) is 32.4 Å². The smallest absolute Gasteiger partial charge is 0.264 e. The zero-order chi connectivity index (χ0) is 26.6. The fraction of sp³-hybridized carbons (Fsp3) is 0.333. The molecule has 1 atom stereocenters. The average Bonchev–Trinajstić information content (AvgIpc) is 3.62. The van der Waals surface area contributed by atoms with Gasteiger partial charge >= 0.3 is 0 Å². The lowest BCUT2D eigenvalue weighted by Crippen LogP contribution is -2.37. The summed E-state index contributed by atoms with van der Waals surface area (Å²) in [5.41, 5.74) is 4.39. The van der Waals surface area contributed by atoms with Gasteiger partial charge < -0.3 is 23.8 Å². The Morgan fingerprint density at radius 2 is 1.89 bits per heavy atom. The van der Waals surface area contributed by atoms with E-state index in [2.05, 4.69) is 6.07 Å². The molecule has 0 unspecified atom stereocenters. The Bertz CT molecular complexity index is 1440. The molecule has 1 aliphatic rings. The largest absolute Gasteiger partial charge is 0.497 e. The summed E-state index contributed by atoms with van der Waals surface area (Å²) in [5.74, 6) is 1.99. The minimum absolute atomic E-state index is 0.0111. The first-order chi connectivity index (χ1) is 18.5. The Balaban J connectivity index is 1.63. The highest BCUT2D eigenvalue weighted by molar-refractivity contribution is 7.12. The number of carbonyl (C=O) groups excluding carboxylic acids is 1. The molecule has 1 aliphatic heterocycles. The number of amides is 1. The lowest BCUT2D eigenvalue weighted by molar-refractivity contribution is 0.0510. The standard InChI is InChI=1S/C30H32N2O5S/c1-19-10-12-38-29(19)30(33)32(18-24-9-6-11-37-24)17-22-13-21-15-26(35-3)27(36-4)16-25(21)31-28(22)20-7-5-8-23(14-20)34-2/h5,7-8,10,12-16,24H,6,9,11,17-18H2,1-4H3/t24-/m0/s1. The SMILES string of the molecule is COc1cccc(-c2nc3cc(OC)c(OC)cc3cc2CN(C[C@@H]2CCCO2)C(=O)c2sccc2C)c1. The summed E-state index contributed by atoms with van der Waals surface area (Å²) < 4.78 is 22.5. The summed E-state index contributed by atoms with van der Waals surface area (Å²) in [6, 6.07) is 15.7. The molecule has 2 aromatic heterocycles. The third-order valence-corrected chi connectivity index (χ3v) is 7.90. The molecule has 1 saturated heterocycles. The third-order valence-electron chi connectivity index (χ3n) is 6.89. The van der Waals surface area contributed by atoms with Crippen LogP contribution in [0.3, 0.4) is 0 Å². The third kappa shape index (κ3) is 5.33. The summed E-state index contributed by atoms with van der Waals surface area (Å²) in [6.45, 7) is 3.63. The van der Waals surface area contributed by atoms with Crippen LogP contribution < -0.4 is 14.2 Å². The predicted octanol–water partition coefficient (Wildman–Crippen LogP) is 6.12. The molecule has 3 heterocycles. The molecule has 0 radical (unpaired) electrons. The molecule has 8 heteroatoms. The van der Waals surface area contributed by atoms with Crippen LogP contribution in [0.1, 0.15) is 33.6 Å². The van der Waals surface area contributed by atoms with Gasteiger partial charge in [-0.1, -0.05) is 12.1 Å². The van der Waals surface area contributed by atoms with E-state index in [0.29, 0.717) is 24.6 Å². The maximum atomic E-state index is 13.8. The Labute approximate surface area is 226 Å². The summed E-state index contributed by atoms with van der Waals surface area (Å²) in [4.78, 5) is 21.6. The normalized spacial score (nSPS) is 15.0. The highest BCUT2D eigenvalue weighted by atomic mass is 32.1. The molecule has 0 bridgehead atoms. The van der Waals surface area contributed by atoms with Gasteiger partial charge in [-0.05, 0) is 66.6 Å². The van der Waals surface area contributed by atoms with Crippen LogP contribution in [-0.2, 0) is 11.3 Å². The van der Waals surface area contributed by atoms with Gasteiger partial charge in [-0.2, -0.15) is 0 Å². The van der Waals surface area contributed by atoms with Crippen molar-refractivity contribution in [3.05, 3.63) is 69.9 Å². The van der Waals surface area contributed by atoms with Crippen LogP contribution >= 0.6 is 11.3 Å². The molecule has 0 saturated carbocycles. The van der Waals surface area contributed by atoms with Crippen LogP contribution in [0.4, 0.5) is 0 Å². The number of methoxy groups -OCH3 is 3. The zero-order valence-electron chi connectivity index (χ0n) is 22.2. The molecule has 198 valence electrons. The van der Waals surface area contributed by atoms with Crippen molar-refractivity contribution in [3.63, 3.8) is 0 Å². The van der Waals surface area contributed by atoms with Crippen molar-refractivity contribution < 1.29 is 23.7 Å². The number of aryl methyl sites for hydroxylation is 1. The molecule has 7 nitrogen and oxygen atoms in total. The van der Waals surface area contributed by atoms with E-state index in [4.69, 9.17) is 23.9 Å². The summed E-state index contributed by atoms with van der Waals surface area (Å²) in [6.07, 6.45) is 1.99. The molecule has 1 fully saturated rings. The van der Waals surface area contributed by atoms with Gasteiger partial charge in [-0.3, -0.25) is 4.79 Å². The van der Waals surface area contributed by atoms with Gasteiger partial charge in [0.15, 0.2) is 11.5 Å². The van der Waals surface area contributed by atoms with Crippen LogP contribution in [0.15, 0.2) is 53.9 Å². The van der Waals surface area contributed by atoms with E-state index in [0.717, 1.165) is 63.4 Å². The molecule has 0 spiro atoms. The lowest BCUT2D eigenvalue weighted by Gasteiger charge is -2.26. The quantitative estimate of drug-likeness (QED) is 0.259. The Morgan fingerprint density at radius 3 is 2.58 bits per heavy atom. The minimum Gasteiger partial charge on any atom is -0.497 e. The van der Waals surface area contributed by atoms with E-state index in [1.165, 1.54) is 11.3 Å².